The number of aryl methyl sites for hydroxylation is 1. The Morgan fingerprint density at radius 1 is 1.35 bits per heavy atom. The number of nitrogens with one attached hydrogen (secondary N) is 1. The summed E-state index contributed by atoms with van der Waals surface area (Å²) in [5.41, 5.74) is 3.86. The van der Waals surface area contributed by atoms with Gasteiger partial charge in [-0.1, -0.05) is 18.2 Å². The van der Waals surface area contributed by atoms with Crippen molar-refractivity contribution in [2.45, 2.75) is 26.2 Å². The molecule has 1 aromatic heterocycles. The predicted octanol–water partition coefficient (Wildman–Crippen LogP) is 3.25. The van der Waals surface area contributed by atoms with Gasteiger partial charge in [0.2, 0.25) is 0 Å². The van der Waals surface area contributed by atoms with E-state index in [-0.39, 0.29) is 5.41 Å². The lowest BCUT2D eigenvalue weighted by Gasteiger charge is -2.19. The van der Waals surface area contributed by atoms with E-state index in [1.54, 1.807) is 0 Å². The quantitative estimate of drug-likeness (QED) is 0.903. The van der Waals surface area contributed by atoms with Gasteiger partial charge in [0.15, 0.2) is 0 Å². The maximum atomic E-state index is 9.16. The number of likely N-dealkylation sites (N-methyl/N-ethyl adjacent to an activating group) is 1. The van der Waals surface area contributed by atoms with Gasteiger partial charge in [0, 0.05) is 29.7 Å². The molecule has 1 saturated carbocycles. The molecule has 0 amide bonds. The van der Waals surface area contributed by atoms with E-state index in [1.165, 1.54) is 22.2 Å². The van der Waals surface area contributed by atoms with Crippen LogP contribution in [0, 0.1) is 23.7 Å². The van der Waals surface area contributed by atoms with Gasteiger partial charge < -0.3 is 9.88 Å². The van der Waals surface area contributed by atoms with Crippen molar-refractivity contribution >= 4 is 10.9 Å². The summed E-state index contributed by atoms with van der Waals surface area (Å²) in [5.74, 6) is 0. The molecule has 104 valence electrons. The summed E-state index contributed by atoms with van der Waals surface area (Å²) in [7, 11) is 2.13. The first-order chi connectivity index (χ1) is 9.63. The molecule has 1 aliphatic carbocycles. The second kappa shape index (κ2) is 4.96. The molecule has 1 heterocycles. The number of para-hydroxylation sites is 1. The third kappa shape index (κ3) is 2.44. The molecule has 0 unspecified atom stereocenters. The summed E-state index contributed by atoms with van der Waals surface area (Å²) >= 11 is 0. The minimum absolute atomic E-state index is 0.0377. The van der Waals surface area contributed by atoms with Gasteiger partial charge in [-0.3, -0.25) is 0 Å². The van der Waals surface area contributed by atoms with Crippen molar-refractivity contribution in [2.75, 3.05) is 20.1 Å². The van der Waals surface area contributed by atoms with Crippen LogP contribution in [0.5, 0.6) is 0 Å². The molecule has 0 bridgehead atoms. The lowest BCUT2D eigenvalue weighted by Crippen LogP contribution is -2.28. The van der Waals surface area contributed by atoms with E-state index in [9.17, 15) is 0 Å². The fraction of sp³-hybridized carbons (Fsp3) is 0.471. The number of fused-ring (bicyclic) bond motifs is 1. The van der Waals surface area contributed by atoms with Crippen LogP contribution in [0.3, 0.4) is 0 Å². The van der Waals surface area contributed by atoms with Crippen LogP contribution in [0.2, 0.25) is 0 Å². The molecule has 1 aliphatic rings. The van der Waals surface area contributed by atoms with E-state index in [4.69, 9.17) is 5.26 Å². The van der Waals surface area contributed by atoms with E-state index in [1.807, 2.05) is 0 Å². The zero-order valence-corrected chi connectivity index (χ0v) is 12.2. The monoisotopic (exact) mass is 267 g/mol. The highest BCUT2D eigenvalue weighted by atomic mass is 15.1. The van der Waals surface area contributed by atoms with Gasteiger partial charge in [-0.25, -0.2) is 0 Å². The standard InChI is InChI=1S/C17H21N3/c1-13-14(15-5-3-4-6-16(15)19-13)7-10-20(2)12-17(11-18)8-9-17/h3-6,19H,7-10,12H2,1-2H3. The molecule has 0 saturated heterocycles. The molecule has 0 spiro atoms. The second-order valence-corrected chi connectivity index (χ2v) is 6.15. The third-order valence-corrected chi connectivity index (χ3v) is 4.43. The van der Waals surface area contributed by atoms with Crippen LogP contribution in [-0.2, 0) is 6.42 Å². The van der Waals surface area contributed by atoms with Crippen LogP contribution in [0.1, 0.15) is 24.1 Å². The maximum absolute atomic E-state index is 9.16. The summed E-state index contributed by atoms with van der Waals surface area (Å²) in [4.78, 5) is 5.75. The molecule has 20 heavy (non-hydrogen) atoms. The van der Waals surface area contributed by atoms with E-state index < -0.39 is 0 Å². The van der Waals surface area contributed by atoms with Crippen molar-refractivity contribution in [3.05, 3.63) is 35.5 Å². The minimum Gasteiger partial charge on any atom is -0.358 e. The first-order valence-electron chi connectivity index (χ1n) is 7.29. The predicted molar refractivity (Wildman–Crippen MR) is 81.5 cm³/mol. The van der Waals surface area contributed by atoms with Crippen molar-refractivity contribution in [1.29, 1.82) is 5.26 Å². The average Bonchev–Trinajstić information content (AvgIpc) is 3.13. The summed E-state index contributed by atoms with van der Waals surface area (Å²) in [6.45, 7) is 4.06. The highest BCUT2D eigenvalue weighted by Crippen LogP contribution is 2.45. The topological polar surface area (TPSA) is 42.8 Å². The normalized spacial score (nSPS) is 16.5. The van der Waals surface area contributed by atoms with Gasteiger partial charge in [0.05, 0.1) is 11.5 Å². The van der Waals surface area contributed by atoms with E-state index >= 15 is 0 Å². The average molecular weight is 267 g/mol. The second-order valence-electron chi connectivity index (χ2n) is 6.15. The number of H-pyrrole nitrogens is 1. The molecule has 2 aromatic rings. The molecular weight excluding hydrogens is 246 g/mol. The number of benzene rings is 1. The zero-order chi connectivity index (χ0) is 14.2. The van der Waals surface area contributed by atoms with Crippen LogP contribution in [0.15, 0.2) is 24.3 Å². The van der Waals surface area contributed by atoms with Gasteiger partial charge in [-0.05, 0) is 44.9 Å². The number of aromatic nitrogens is 1. The smallest absolute Gasteiger partial charge is 0.0703 e. The molecule has 3 heteroatoms. The van der Waals surface area contributed by atoms with Crippen LogP contribution in [0.4, 0.5) is 0 Å². The Morgan fingerprint density at radius 3 is 2.80 bits per heavy atom. The van der Waals surface area contributed by atoms with Crippen molar-refractivity contribution in [2.24, 2.45) is 5.41 Å². The van der Waals surface area contributed by atoms with E-state index in [2.05, 4.69) is 54.2 Å². The molecule has 3 nitrogen and oxygen atoms in total. The molecular formula is C17H21N3. The Hall–Kier alpha value is -1.79. The summed E-state index contributed by atoms with van der Waals surface area (Å²) in [6, 6.07) is 10.9. The lowest BCUT2D eigenvalue weighted by atomic mass is 10.1. The zero-order valence-electron chi connectivity index (χ0n) is 12.2. The molecule has 0 atom stereocenters. The molecule has 1 aromatic carbocycles. The molecule has 3 rings (SSSR count). The highest BCUT2D eigenvalue weighted by Gasteiger charge is 2.43. The molecule has 1 fully saturated rings. The summed E-state index contributed by atoms with van der Waals surface area (Å²) in [5, 5.41) is 10.5. The van der Waals surface area contributed by atoms with Crippen LogP contribution in [-0.4, -0.2) is 30.0 Å². The number of hydrogen-bond donors (Lipinski definition) is 1. The molecule has 1 N–H and O–H groups in total. The first-order valence-corrected chi connectivity index (χ1v) is 7.29. The van der Waals surface area contributed by atoms with Crippen LogP contribution < -0.4 is 0 Å². The lowest BCUT2D eigenvalue weighted by molar-refractivity contribution is 0.297. The Balaban J connectivity index is 1.68. The largest absolute Gasteiger partial charge is 0.358 e. The van der Waals surface area contributed by atoms with Crippen LogP contribution in [0.25, 0.3) is 10.9 Å². The minimum atomic E-state index is -0.0377. The van der Waals surface area contributed by atoms with Gasteiger partial charge in [-0.2, -0.15) is 5.26 Å². The Bertz CT molecular complexity index is 658. The van der Waals surface area contributed by atoms with Gasteiger partial charge >= 0.3 is 0 Å². The number of nitriles is 1. The Kier molecular flexibility index (Phi) is 3.27. The molecule has 0 radical (unpaired) electrons. The van der Waals surface area contributed by atoms with Crippen molar-refractivity contribution in [3.8, 4) is 6.07 Å². The maximum Gasteiger partial charge on any atom is 0.0703 e. The molecule has 0 aliphatic heterocycles. The number of rotatable bonds is 5. The first kappa shape index (κ1) is 13.2. The summed E-state index contributed by atoms with van der Waals surface area (Å²) in [6.07, 6.45) is 3.17. The van der Waals surface area contributed by atoms with E-state index in [0.29, 0.717) is 0 Å². The number of hydrogen-bond acceptors (Lipinski definition) is 2. The highest BCUT2D eigenvalue weighted by molar-refractivity contribution is 5.84. The van der Waals surface area contributed by atoms with Gasteiger partial charge in [0.25, 0.3) is 0 Å². The van der Waals surface area contributed by atoms with Crippen molar-refractivity contribution in [3.63, 3.8) is 0 Å². The van der Waals surface area contributed by atoms with Crippen molar-refractivity contribution < 1.29 is 0 Å². The van der Waals surface area contributed by atoms with Gasteiger partial charge in [-0.15, -0.1) is 0 Å². The SMILES string of the molecule is Cc1[nH]c2ccccc2c1CCN(C)CC1(C#N)CC1. The van der Waals surface area contributed by atoms with Crippen molar-refractivity contribution in [1.82, 2.24) is 9.88 Å². The fourth-order valence-electron chi connectivity index (χ4n) is 3.01. The Morgan fingerprint density at radius 2 is 2.10 bits per heavy atom. The Labute approximate surface area is 120 Å². The fourth-order valence-corrected chi connectivity index (χ4v) is 3.01. The number of nitrogens with zero attached hydrogens (tertiary/aromatic N) is 2. The summed E-state index contributed by atoms with van der Waals surface area (Å²) < 4.78 is 0. The number of aromatic amines is 1. The third-order valence-electron chi connectivity index (χ3n) is 4.43. The van der Waals surface area contributed by atoms with Crippen LogP contribution >= 0.6 is 0 Å². The van der Waals surface area contributed by atoms with Gasteiger partial charge in [0.1, 0.15) is 0 Å². The van der Waals surface area contributed by atoms with E-state index in [0.717, 1.165) is 32.4 Å².